The van der Waals surface area contributed by atoms with Gasteiger partial charge in [-0.25, -0.2) is 0 Å². The molecule has 1 heterocycles. The van der Waals surface area contributed by atoms with Crippen molar-refractivity contribution in [1.29, 1.82) is 0 Å². The predicted molar refractivity (Wildman–Crippen MR) is 134 cm³/mol. The highest BCUT2D eigenvalue weighted by atomic mass is 35.5. The number of rotatable bonds is 8. The maximum Gasteiger partial charge on any atom is 0.416 e. The summed E-state index contributed by atoms with van der Waals surface area (Å²) in [5.74, 6) is 0.671. The van der Waals surface area contributed by atoms with Gasteiger partial charge in [-0.2, -0.15) is 13.2 Å². The number of amides is 1. The number of aliphatic hydroxyl groups is 1. The summed E-state index contributed by atoms with van der Waals surface area (Å²) in [5.41, 5.74) is 2.94. The van der Waals surface area contributed by atoms with Crippen molar-refractivity contribution in [1.82, 2.24) is 5.32 Å². The third-order valence-corrected chi connectivity index (χ3v) is 6.58. The number of hydrogen-bond donors (Lipinski definition) is 2. The standard InChI is InChI=1S/C28H27ClF3NO4/c1-15-10-19(17(3)33-26(34)23-8-6-20(14-24(23)29)28(30,31)32)13-22(11-15)36-21-7-4-18(16(2)12-21)5-9-25-27(35)37-25/h4,6-8,10-14,17,25,27,35H,5,9H2,1-3H3,(H,33,34)/t17-,25?,27?/m1/s1. The number of epoxide rings is 1. The number of aryl methyl sites for hydroxylation is 3. The topological polar surface area (TPSA) is 71.1 Å². The van der Waals surface area contributed by atoms with Crippen LogP contribution in [0.15, 0.2) is 54.6 Å². The molecule has 1 aliphatic rings. The molecule has 1 fully saturated rings. The fraction of sp³-hybridized carbons (Fsp3) is 0.321. The summed E-state index contributed by atoms with van der Waals surface area (Å²) in [7, 11) is 0. The molecule has 2 N–H and O–H groups in total. The van der Waals surface area contributed by atoms with Gasteiger partial charge in [0.25, 0.3) is 5.91 Å². The zero-order chi connectivity index (χ0) is 26.9. The van der Waals surface area contributed by atoms with E-state index in [4.69, 9.17) is 21.1 Å². The molecule has 0 radical (unpaired) electrons. The third-order valence-electron chi connectivity index (χ3n) is 6.27. The van der Waals surface area contributed by atoms with E-state index in [0.29, 0.717) is 11.5 Å². The number of aliphatic hydroxyl groups excluding tert-OH is 1. The van der Waals surface area contributed by atoms with E-state index in [9.17, 15) is 23.1 Å². The number of ether oxygens (including phenoxy) is 2. The zero-order valence-electron chi connectivity index (χ0n) is 20.5. The van der Waals surface area contributed by atoms with E-state index >= 15 is 0 Å². The Hall–Kier alpha value is -3.07. The normalized spacial score (nSPS) is 17.8. The number of halogens is 4. The molecule has 3 aromatic rings. The van der Waals surface area contributed by atoms with Gasteiger partial charge in [0, 0.05) is 0 Å². The lowest BCUT2D eigenvalue weighted by molar-refractivity contribution is -0.137. The molecule has 3 atom stereocenters. The SMILES string of the molecule is Cc1cc(Oc2ccc(CCC3OC3O)c(C)c2)cc([C@@H](C)NC(=O)c2ccc(C(F)(F)F)cc2Cl)c1. The molecule has 0 aliphatic carbocycles. The van der Waals surface area contributed by atoms with Crippen LogP contribution in [0.1, 0.15) is 57.6 Å². The van der Waals surface area contributed by atoms with E-state index in [0.717, 1.165) is 53.3 Å². The Kier molecular flexibility index (Phi) is 7.83. The second kappa shape index (κ2) is 10.7. The summed E-state index contributed by atoms with van der Waals surface area (Å²) in [6.45, 7) is 5.67. The number of nitrogens with one attached hydrogen (secondary N) is 1. The Balaban J connectivity index is 1.43. The van der Waals surface area contributed by atoms with Crippen LogP contribution in [-0.4, -0.2) is 23.4 Å². The lowest BCUT2D eigenvalue weighted by Gasteiger charge is -2.18. The van der Waals surface area contributed by atoms with E-state index < -0.39 is 30.0 Å². The summed E-state index contributed by atoms with van der Waals surface area (Å²) in [4.78, 5) is 12.7. The fourth-order valence-corrected chi connectivity index (χ4v) is 4.38. The molecule has 3 aromatic carbocycles. The quantitative estimate of drug-likeness (QED) is 0.309. The van der Waals surface area contributed by atoms with Gasteiger partial charge < -0.3 is 19.9 Å². The van der Waals surface area contributed by atoms with Crippen molar-refractivity contribution in [3.05, 3.63) is 93.0 Å². The van der Waals surface area contributed by atoms with Gasteiger partial charge >= 0.3 is 6.18 Å². The number of carbonyl (C=O) groups excluding carboxylic acids is 1. The minimum atomic E-state index is -4.54. The lowest BCUT2D eigenvalue weighted by Crippen LogP contribution is -2.27. The molecule has 0 spiro atoms. The lowest BCUT2D eigenvalue weighted by atomic mass is 10.0. The molecule has 0 saturated carbocycles. The van der Waals surface area contributed by atoms with E-state index in [1.807, 2.05) is 44.2 Å². The molecule has 1 amide bonds. The molecule has 4 rings (SSSR count). The van der Waals surface area contributed by atoms with Crippen LogP contribution in [0, 0.1) is 13.8 Å². The molecular weight excluding hydrogens is 507 g/mol. The predicted octanol–water partition coefficient (Wildman–Crippen LogP) is 6.91. The van der Waals surface area contributed by atoms with Crippen LogP contribution in [0.4, 0.5) is 13.2 Å². The number of benzene rings is 3. The van der Waals surface area contributed by atoms with Crippen molar-refractivity contribution >= 4 is 17.5 Å². The van der Waals surface area contributed by atoms with E-state index in [1.165, 1.54) is 0 Å². The van der Waals surface area contributed by atoms with Crippen molar-refractivity contribution in [2.24, 2.45) is 0 Å². The van der Waals surface area contributed by atoms with Gasteiger partial charge in [-0.15, -0.1) is 0 Å². The molecule has 1 aliphatic heterocycles. The molecule has 5 nitrogen and oxygen atoms in total. The zero-order valence-corrected chi connectivity index (χ0v) is 21.3. The first kappa shape index (κ1) is 27.0. The maximum absolute atomic E-state index is 12.9. The van der Waals surface area contributed by atoms with Crippen molar-refractivity contribution in [2.75, 3.05) is 0 Å². The van der Waals surface area contributed by atoms with Crippen LogP contribution in [0.25, 0.3) is 0 Å². The third kappa shape index (κ3) is 6.83. The Morgan fingerprint density at radius 3 is 2.46 bits per heavy atom. The number of carbonyl (C=O) groups is 1. The van der Waals surface area contributed by atoms with E-state index in [2.05, 4.69) is 5.32 Å². The van der Waals surface area contributed by atoms with Crippen molar-refractivity contribution in [3.8, 4) is 11.5 Å². The molecule has 2 unspecified atom stereocenters. The van der Waals surface area contributed by atoms with Gasteiger partial charge in [-0.05, 0) is 98.3 Å². The van der Waals surface area contributed by atoms with Gasteiger partial charge in [0.1, 0.15) is 17.6 Å². The number of hydrogen-bond acceptors (Lipinski definition) is 4. The maximum atomic E-state index is 12.9. The highest BCUT2D eigenvalue weighted by Crippen LogP contribution is 2.33. The largest absolute Gasteiger partial charge is 0.457 e. The van der Waals surface area contributed by atoms with E-state index in [-0.39, 0.29) is 16.7 Å². The Morgan fingerprint density at radius 2 is 1.84 bits per heavy atom. The Labute approximate surface area is 218 Å². The van der Waals surface area contributed by atoms with Crippen molar-refractivity contribution in [2.45, 2.75) is 58.2 Å². The summed E-state index contributed by atoms with van der Waals surface area (Å²) < 4.78 is 49.8. The molecule has 9 heteroatoms. The van der Waals surface area contributed by atoms with Gasteiger partial charge in [0.15, 0.2) is 6.29 Å². The average molecular weight is 534 g/mol. The van der Waals surface area contributed by atoms with Crippen LogP contribution in [0.3, 0.4) is 0 Å². The summed E-state index contributed by atoms with van der Waals surface area (Å²) in [6.07, 6.45) is -3.72. The van der Waals surface area contributed by atoms with Crippen molar-refractivity contribution < 1.29 is 32.5 Å². The van der Waals surface area contributed by atoms with Crippen molar-refractivity contribution in [3.63, 3.8) is 0 Å². The molecule has 0 bridgehead atoms. The summed E-state index contributed by atoms with van der Waals surface area (Å²) in [6, 6.07) is 13.6. The minimum Gasteiger partial charge on any atom is -0.457 e. The van der Waals surface area contributed by atoms with Gasteiger partial charge in [0.05, 0.1) is 22.2 Å². The monoisotopic (exact) mass is 533 g/mol. The molecular formula is C28H27ClF3NO4. The molecule has 196 valence electrons. The van der Waals surface area contributed by atoms with Crippen LogP contribution in [-0.2, 0) is 17.3 Å². The summed E-state index contributed by atoms with van der Waals surface area (Å²) >= 11 is 5.97. The Morgan fingerprint density at radius 1 is 1.11 bits per heavy atom. The first-order valence-corrected chi connectivity index (χ1v) is 12.2. The molecule has 0 aromatic heterocycles. The first-order chi connectivity index (χ1) is 17.4. The van der Waals surface area contributed by atoms with Crippen LogP contribution in [0.5, 0.6) is 11.5 Å². The first-order valence-electron chi connectivity index (χ1n) is 11.8. The van der Waals surface area contributed by atoms with Crippen LogP contribution in [0.2, 0.25) is 5.02 Å². The highest BCUT2D eigenvalue weighted by Gasteiger charge is 2.36. The fourth-order valence-electron chi connectivity index (χ4n) is 4.11. The smallest absolute Gasteiger partial charge is 0.416 e. The summed E-state index contributed by atoms with van der Waals surface area (Å²) in [5, 5.41) is 11.8. The minimum absolute atomic E-state index is 0.0380. The van der Waals surface area contributed by atoms with Gasteiger partial charge in [-0.3, -0.25) is 4.79 Å². The molecule has 1 saturated heterocycles. The second-order valence-corrected chi connectivity index (χ2v) is 9.67. The van der Waals surface area contributed by atoms with Crippen LogP contribution >= 0.6 is 11.6 Å². The van der Waals surface area contributed by atoms with E-state index in [1.54, 1.807) is 13.0 Å². The van der Waals surface area contributed by atoms with Gasteiger partial charge in [0.2, 0.25) is 0 Å². The van der Waals surface area contributed by atoms with Gasteiger partial charge in [-0.1, -0.05) is 23.7 Å². The Bertz CT molecular complexity index is 1310. The highest BCUT2D eigenvalue weighted by molar-refractivity contribution is 6.33. The molecule has 37 heavy (non-hydrogen) atoms. The van der Waals surface area contributed by atoms with Crippen LogP contribution < -0.4 is 10.1 Å². The average Bonchev–Trinajstić information content (AvgIpc) is 3.52. The number of alkyl halides is 3. The second-order valence-electron chi connectivity index (χ2n) is 9.26.